The zero-order valence-corrected chi connectivity index (χ0v) is 12.3. The van der Waals surface area contributed by atoms with Crippen molar-refractivity contribution >= 4 is 9.84 Å². The summed E-state index contributed by atoms with van der Waals surface area (Å²) in [5.41, 5.74) is 1.30. The third-order valence-electron chi connectivity index (χ3n) is 2.71. The number of sulfone groups is 1. The van der Waals surface area contributed by atoms with Crippen LogP contribution in [0.2, 0.25) is 0 Å². The lowest BCUT2D eigenvalue weighted by Gasteiger charge is -2.03. The Morgan fingerprint density at radius 1 is 1.24 bits per heavy atom. The van der Waals surface area contributed by atoms with Gasteiger partial charge in [-0.05, 0) is 45.7 Å². The summed E-state index contributed by atoms with van der Waals surface area (Å²) >= 11 is 0. The van der Waals surface area contributed by atoms with Crippen LogP contribution in [-0.4, -0.2) is 33.0 Å². The average molecular weight is 261 g/mol. The highest BCUT2D eigenvalue weighted by Crippen LogP contribution is 2.07. The number of hydrogen-bond donors (Lipinski definition) is 1. The van der Waals surface area contributed by atoms with E-state index in [4.69, 9.17) is 0 Å². The lowest BCUT2D eigenvalue weighted by molar-refractivity contribution is 0.594. The molecule has 17 heavy (non-hydrogen) atoms. The average Bonchev–Trinajstić information content (AvgIpc) is 2.28. The molecule has 0 aliphatic rings. The van der Waals surface area contributed by atoms with Gasteiger partial charge >= 0.3 is 0 Å². The summed E-state index contributed by atoms with van der Waals surface area (Å²) < 4.78 is 22.6. The van der Waals surface area contributed by atoms with Gasteiger partial charge in [-0.2, -0.15) is 0 Å². The van der Waals surface area contributed by atoms with E-state index < -0.39 is 9.84 Å². The van der Waals surface area contributed by atoms with Crippen LogP contribution in [0.4, 0.5) is 0 Å². The molecule has 0 saturated heterocycles. The van der Waals surface area contributed by atoms with Gasteiger partial charge in [0, 0.05) is 5.75 Å². The summed E-state index contributed by atoms with van der Waals surface area (Å²) in [6, 6.07) is 0. The van der Waals surface area contributed by atoms with Gasteiger partial charge in [0.05, 0.1) is 5.75 Å². The minimum absolute atomic E-state index is 0.261. The summed E-state index contributed by atoms with van der Waals surface area (Å²) in [5.74, 6) is 0.583. The second-order valence-electron chi connectivity index (χ2n) is 4.43. The lowest BCUT2D eigenvalue weighted by atomic mass is 10.1. The zero-order valence-electron chi connectivity index (χ0n) is 11.5. The van der Waals surface area contributed by atoms with Gasteiger partial charge in [-0.15, -0.1) is 0 Å². The van der Waals surface area contributed by atoms with Crippen LogP contribution in [0.15, 0.2) is 11.6 Å². The van der Waals surface area contributed by atoms with E-state index in [0.717, 1.165) is 38.8 Å². The second-order valence-corrected chi connectivity index (χ2v) is 6.90. The first-order valence-corrected chi connectivity index (χ1v) is 8.40. The van der Waals surface area contributed by atoms with Crippen LogP contribution in [0.1, 0.15) is 46.5 Å². The molecule has 0 amide bonds. The Morgan fingerprint density at radius 3 is 2.53 bits per heavy atom. The molecule has 0 aliphatic carbocycles. The fourth-order valence-corrected chi connectivity index (χ4v) is 2.41. The Hall–Kier alpha value is -0.350. The van der Waals surface area contributed by atoms with Gasteiger partial charge in [-0.3, -0.25) is 0 Å². The molecule has 4 heteroatoms. The van der Waals surface area contributed by atoms with Crippen LogP contribution in [0.25, 0.3) is 0 Å². The Morgan fingerprint density at radius 2 is 1.94 bits per heavy atom. The highest BCUT2D eigenvalue weighted by atomic mass is 32.2. The van der Waals surface area contributed by atoms with Gasteiger partial charge < -0.3 is 5.32 Å². The minimum Gasteiger partial charge on any atom is -0.316 e. The van der Waals surface area contributed by atoms with Crippen LogP contribution in [0, 0.1) is 0 Å². The maximum Gasteiger partial charge on any atom is 0.150 e. The van der Waals surface area contributed by atoms with Crippen molar-refractivity contribution in [1.82, 2.24) is 5.32 Å². The van der Waals surface area contributed by atoms with E-state index in [0.29, 0.717) is 5.75 Å². The molecular formula is C13H27NO2S. The molecule has 0 radical (unpaired) electrons. The van der Waals surface area contributed by atoms with E-state index in [1.165, 1.54) is 5.57 Å². The molecule has 0 saturated carbocycles. The third-order valence-corrected chi connectivity index (χ3v) is 4.50. The Balaban J connectivity index is 3.64. The van der Waals surface area contributed by atoms with Gasteiger partial charge in [-0.1, -0.05) is 25.5 Å². The SMILES string of the molecule is CCCNCCC=C(C)CCCS(=O)(=O)CC. The molecule has 102 valence electrons. The molecule has 1 N–H and O–H groups in total. The predicted octanol–water partition coefficient (Wildman–Crippen LogP) is 2.54. The van der Waals surface area contributed by atoms with Crippen molar-refractivity contribution in [1.29, 1.82) is 0 Å². The van der Waals surface area contributed by atoms with Gasteiger partial charge in [0.15, 0.2) is 0 Å². The molecule has 0 rings (SSSR count). The van der Waals surface area contributed by atoms with Crippen LogP contribution >= 0.6 is 0 Å². The summed E-state index contributed by atoms with van der Waals surface area (Å²) in [6.45, 7) is 8.03. The summed E-state index contributed by atoms with van der Waals surface area (Å²) in [6.07, 6.45) is 6.05. The molecule has 0 bridgehead atoms. The first-order chi connectivity index (χ1) is 8.02. The molecule has 0 aromatic rings. The van der Waals surface area contributed by atoms with E-state index in [2.05, 4.69) is 25.2 Å². The number of allylic oxidation sites excluding steroid dienone is 1. The number of rotatable bonds is 10. The van der Waals surface area contributed by atoms with E-state index in [-0.39, 0.29) is 5.75 Å². The minimum atomic E-state index is -2.79. The van der Waals surface area contributed by atoms with E-state index >= 15 is 0 Å². The van der Waals surface area contributed by atoms with Crippen molar-refractivity contribution in [2.75, 3.05) is 24.6 Å². The van der Waals surface area contributed by atoms with Crippen LogP contribution in [0.3, 0.4) is 0 Å². The van der Waals surface area contributed by atoms with Crippen molar-refractivity contribution in [3.63, 3.8) is 0 Å². The van der Waals surface area contributed by atoms with Crippen molar-refractivity contribution in [2.45, 2.75) is 46.5 Å². The normalized spacial score (nSPS) is 13.0. The first kappa shape index (κ1) is 16.6. The largest absolute Gasteiger partial charge is 0.316 e. The summed E-state index contributed by atoms with van der Waals surface area (Å²) in [4.78, 5) is 0. The Bertz CT molecular complexity index is 307. The first-order valence-electron chi connectivity index (χ1n) is 6.58. The quantitative estimate of drug-likeness (QED) is 0.485. The highest BCUT2D eigenvalue weighted by molar-refractivity contribution is 7.91. The third kappa shape index (κ3) is 10.5. The fraction of sp³-hybridized carbons (Fsp3) is 0.846. The molecule has 0 heterocycles. The second kappa shape index (κ2) is 9.66. The molecule has 3 nitrogen and oxygen atoms in total. The van der Waals surface area contributed by atoms with Gasteiger partial charge in [0.2, 0.25) is 0 Å². The topological polar surface area (TPSA) is 46.2 Å². The van der Waals surface area contributed by atoms with E-state index in [1.54, 1.807) is 6.92 Å². The van der Waals surface area contributed by atoms with Crippen molar-refractivity contribution in [3.05, 3.63) is 11.6 Å². The molecular weight excluding hydrogens is 234 g/mol. The zero-order chi connectivity index (χ0) is 13.1. The molecule has 0 atom stereocenters. The summed E-state index contributed by atoms with van der Waals surface area (Å²) in [5, 5.41) is 3.34. The Kier molecular flexibility index (Phi) is 9.46. The lowest BCUT2D eigenvalue weighted by Crippen LogP contribution is -2.15. The van der Waals surface area contributed by atoms with Gasteiger partial charge in [-0.25, -0.2) is 8.42 Å². The van der Waals surface area contributed by atoms with Crippen LogP contribution in [0.5, 0.6) is 0 Å². The Labute approximate surface area is 107 Å². The summed E-state index contributed by atoms with van der Waals surface area (Å²) in [7, 11) is -2.79. The monoisotopic (exact) mass is 261 g/mol. The van der Waals surface area contributed by atoms with Crippen molar-refractivity contribution in [2.24, 2.45) is 0 Å². The number of nitrogens with one attached hydrogen (secondary N) is 1. The standard InChI is InChI=1S/C13H27NO2S/c1-4-10-14-11-6-8-13(3)9-7-12-17(15,16)5-2/h8,14H,4-7,9-12H2,1-3H3. The predicted molar refractivity (Wildman–Crippen MR) is 75.1 cm³/mol. The molecule has 0 aromatic carbocycles. The fourth-order valence-electron chi connectivity index (χ4n) is 1.54. The van der Waals surface area contributed by atoms with Gasteiger partial charge in [0.1, 0.15) is 9.84 Å². The van der Waals surface area contributed by atoms with E-state index in [1.807, 2.05) is 0 Å². The molecule has 0 aromatic heterocycles. The molecule has 0 fully saturated rings. The molecule has 0 unspecified atom stereocenters. The van der Waals surface area contributed by atoms with Crippen molar-refractivity contribution in [3.8, 4) is 0 Å². The number of hydrogen-bond acceptors (Lipinski definition) is 3. The van der Waals surface area contributed by atoms with Crippen LogP contribution in [-0.2, 0) is 9.84 Å². The van der Waals surface area contributed by atoms with Crippen LogP contribution < -0.4 is 5.32 Å². The van der Waals surface area contributed by atoms with E-state index in [9.17, 15) is 8.42 Å². The van der Waals surface area contributed by atoms with Gasteiger partial charge in [0.25, 0.3) is 0 Å². The molecule has 0 spiro atoms. The van der Waals surface area contributed by atoms with Crippen molar-refractivity contribution < 1.29 is 8.42 Å². The maximum atomic E-state index is 11.3. The smallest absolute Gasteiger partial charge is 0.150 e. The highest BCUT2D eigenvalue weighted by Gasteiger charge is 2.06. The molecule has 0 aliphatic heterocycles. The maximum absolute atomic E-state index is 11.3.